The van der Waals surface area contributed by atoms with Gasteiger partial charge in [0, 0.05) is 6.42 Å². The van der Waals surface area contributed by atoms with E-state index in [9.17, 15) is 20.1 Å². The molecule has 0 radical (unpaired) electrons. The predicted octanol–water partition coefficient (Wildman–Crippen LogP) is 2.87. The van der Waals surface area contributed by atoms with Gasteiger partial charge < -0.3 is 20.6 Å². The average molecular weight is 339 g/mol. The van der Waals surface area contributed by atoms with Crippen molar-refractivity contribution >= 4 is 17.1 Å². The number of rotatable bonds is 4. The van der Waals surface area contributed by atoms with Gasteiger partial charge in [0.05, 0.1) is 11.3 Å². The molecule has 0 saturated carbocycles. The minimum Gasteiger partial charge on any atom is -0.508 e. The minimum atomic E-state index is -1.67. The van der Waals surface area contributed by atoms with Crippen LogP contribution in [0.4, 0.5) is 0 Å². The molecular formula is C20H21NO4. The van der Waals surface area contributed by atoms with Gasteiger partial charge in [-0.25, -0.2) is 0 Å². The molecule has 0 amide bonds. The summed E-state index contributed by atoms with van der Waals surface area (Å²) in [5, 5.41) is 32.9. The van der Waals surface area contributed by atoms with E-state index < -0.39 is 11.5 Å². The Labute approximate surface area is 146 Å². The number of aliphatic hydroxyl groups is 1. The van der Waals surface area contributed by atoms with Crippen LogP contribution in [0.1, 0.15) is 31.4 Å². The fraction of sp³-hybridized carbons (Fsp3) is 0.250. The molecule has 1 aliphatic rings. The first-order chi connectivity index (χ1) is 11.8. The van der Waals surface area contributed by atoms with Gasteiger partial charge >= 0.3 is 0 Å². The summed E-state index contributed by atoms with van der Waals surface area (Å²) in [6.45, 7) is 3.87. The highest BCUT2D eigenvalue weighted by Gasteiger charge is 2.46. The number of hydrogen-bond acceptors (Lipinski definition) is 5. The molecule has 2 aromatic carbocycles. The summed E-state index contributed by atoms with van der Waals surface area (Å²) >= 11 is 0. The summed E-state index contributed by atoms with van der Waals surface area (Å²) in [5.41, 5.74) is 0.508. The number of carbonyl (C=O) groups excluding carboxylic acids is 1. The number of hydrogen-bond donors (Lipinski definition) is 4. The van der Waals surface area contributed by atoms with Crippen LogP contribution in [0.25, 0.3) is 11.3 Å². The number of phenolic OH excluding ortho intramolecular Hbond substituents is 2. The van der Waals surface area contributed by atoms with Crippen LogP contribution in [-0.4, -0.2) is 26.8 Å². The highest BCUT2D eigenvalue weighted by Crippen LogP contribution is 2.38. The molecule has 0 aliphatic carbocycles. The summed E-state index contributed by atoms with van der Waals surface area (Å²) in [4.78, 5) is 13.0. The molecule has 1 heterocycles. The zero-order valence-electron chi connectivity index (χ0n) is 14.2. The molecule has 0 unspecified atom stereocenters. The van der Waals surface area contributed by atoms with E-state index in [0.29, 0.717) is 22.4 Å². The summed E-state index contributed by atoms with van der Waals surface area (Å²) < 4.78 is 0. The molecule has 0 fully saturated rings. The van der Waals surface area contributed by atoms with E-state index in [2.05, 4.69) is 5.32 Å². The molecule has 5 heteroatoms. The van der Waals surface area contributed by atoms with Gasteiger partial charge in [-0.1, -0.05) is 26.0 Å². The van der Waals surface area contributed by atoms with Crippen molar-refractivity contribution in [2.75, 3.05) is 0 Å². The third-order valence-electron chi connectivity index (χ3n) is 4.20. The SMILES string of the molecule is CC(C)C[C@]1(O)NC(c2ccc(O)cc2)=C(c2ccc(O)cc2)C1=O. The maximum atomic E-state index is 13.0. The molecule has 1 aliphatic heterocycles. The van der Waals surface area contributed by atoms with Crippen LogP contribution in [0.2, 0.25) is 0 Å². The van der Waals surface area contributed by atoms with Crippen LogP contribution in [0.5, 0.6) is 11.5 Å². The van der Waals surface area contributed by atoms with E-state index in [0.717, 1.165) is 0 Å². The van der Waals surface area contributed by atoms with Gasteiger partial charge in [0.1, 0.15) is 11.5 Å². The molecule has 0 aromatic heterocycles. The Balaban J connectivity index is 2.13. The zero-order chi connectivity index (χ0) is 18.2. The lowest BCUT2D eigenvalue weighted by molar-refractivity contribution is -0.133. The Morgan fingerprint density at radius 1 is 0.920 bits per heavy atom. The fourth-order valence-corrected chi connectivity index (χ4v) is 3.13. The molecule has 4 N–H and O–H groups in total. The Kier molecular flexibility index (Phi) is 4.27. The number of nitrogens with one attached hydrogen (secondary N) is 1. The number of ketones is 1. The van der Waals surface area contributed by atoms with Gasteiger partial charge in [-0.3, -0.25) is 4.79 Å². The van der Waals surface area contributed by atoms with E-state index in [1.54, 1.807) is 24.3 Å². The minimum absolute atomic E-state index is 0.103. The van der Waals surface area contributed by atoms with E-state index in [1.807, 2.05) is 13.8 Å². The highest BCUT2D eigenvalue weighted by molar-refractivity contribution is 6.33. The zero-order valence-corrected chi connectivity index (χ0v) is 14.2. The number of benzene rings is 2. The van der Waals surface area contributed by atoms with E-state index in [4.69, 9.17) is 0 Å². The fourth-order valence-electron chi connectivity index (χ4n) is 3.13. The molecule has 0 bridgehead atoms. The third kappa shape index (κ3) is 3.23. The topological polar surface area (TPSA) is 89.8 Å². The first-order valence-corrected chi connectivity index (χ1v) is 8.18. The van der Waals surface area contributed by atoms with Crippen LogP contribution >= 0.6 is 0 Å². The standard InChI is InChI=1S/C20H21NO4/c1-12(2)11-20(25)19(24)17(13-3-7-15(22)8-4-13)18(21-20)14-5-9-16(23)10-6-14/h3-10,12,21-23,25H,11H2,1-2H3/t20-/m1/s1. The Bertz CT molecular complexity index is 822. The second-order valence-electron chi connectivity index (χ2n) is 6.76. The molecular weight excluding hydrogens is 318 g/mol. The molecule has 3 rings (SSSR count). The smallest absolute Gasteiger partial charge is 0.217 e. The lowest BCUT2D eigenvalue weighted by atomic mass is 9.91. The summed E-state index contributed by atoms with van der Waals surface area (Å²) in [5.74, 6) is -0.0552. The van der Waals surface area contributed by atoms with Crippen LogP contribution < -0.4 is 5.32 Å². The Morgan fingerprint density at radius 3 is 1.88 bits per heavy atom. The van der Waals surface area contributed by atoms with E-state index in [1.165, 1.54) is 24.3 Å². The van der Waals surface area contributed by atoms with E-state index in [-0.39, 0.29) is 23.8 Å². The van der Waals surface area contributed by atoms with Gasteiger partial charge in [0.25, 0.3) is 0 Å². The molecule has 1 atom stereocenters. The van der Waals surface area contributed by atoms with Gasteiger partial charge in [0.2, 0.25) is 11.5 Å². The van der Waals surface area contributed by atoms with Crippen molar-refractivity contribution in [2.45, 2.75) is 26.0 Å². The second-order valence-corrected chi connectivity index (χ2v) is 6.76. The molecule has 25 heavy (non-hydrogen) atoms. The first kappa shape index (κ1) is 17.0. The lowest BCUT2D eigenvalue weighted by Crippen LogP contribution is -2.47. The normalized spacial score (nSPS) is 20.2. The Morgan fingerprint density at radius 2 is 1.40 bits per heavy atom. The summed E-state index contributed by atoms with van der Waals surface area (Å²) in [7, 11) is 0. The largest absolute Gasteiger partial charge is 0.508 e. The van der Waals surface area contributed by atoms with Crippen LogP contribution in [0.15, 0.2) is 48.5 Å². The maximum Gasteiger partial charge on any atom is 0.217 e. The number of aromatic hydroxyl groups is 2. The molecule has 2 aromatic rings. The maximum absolute atomic E-state index is 13.0. The third-order valence-corrected chi connectivity index (χ3v) is 4.20. The monoisotopic (exact) mass is 339 g/mol. The number of carbonyl (C=O) groups is 1. The van der Waals surface area contributed by atoms with Crippen LogP contribution in [-0.2, 0) is 4.79 Å². The molecule has 0 spiro atoms. The predicted molar refractivity (Wildman–Crippen MR) is 95.6 cm³/mol. The quantitative estimate of drug-likeness (QED) is 0.688. The number of phenols is 2. The molecule has 0 saturated heterocycles. The average Bonchev–Trinajstić information content (AvgIpc) is 2.80. The van der Waals surface area contributed by atoms with Crippen molar-refractivity contribution in [3.8, 4) is 11.5 Å². The van der Waals surface area contributed by atoms with Crippen molar-refractivity contribution in [2.24, 2.45) is 5.92 Å². The Hall–Kier alpha value is -2.79. The summed E-state index contributed by atoms with van der Waals surface area (Å²) in [6, 6.07) is 12.7. The van der Waals surface area contributed by atoms with E-state index >= 15 is 0 Å². The van der Waals surface area contributed by atoms with Gasteiger partial charge in [-0.2, -0.15) is 0 Å². The van der Waals surface area contributed by atoms with Crippen molar-refractivity contribution in [3.63, 3.8) is 0 Å². The van der Waals surface area contributed by atoms with Gasteiger partial charge in [0.15, 0.2) is 0 Å². The lowest BCUT2D eigenvalue weighted by Gasteiger charge is -2.25. The van der Waals surface area contributed by atoms with Gasteiger partial charge in [-0.15, -0.1) is 0 Å². The van der Waals surface area contributed by atoms with Crippen molar-refractivity contribution in [1.82, 2.24) is 5.32 Å². The first-order valence-electron chi connectivity index (χ1n) is 8.18. The second kappa shape index (κ2) is 6.26. The van der Waals surface area contributed by atoms with Crippen molar-refractivity contribution < 1.29 is 20.1 Å². The van der Waals surface area contributed by atoms with Crippen molar-refractivity contribution in [3.05, 3.63) is 59.7 Å². The van der Waals surface area contributed by atoms with Crippen LogP contribution in [0.3, 0.4) is 0 Å². The summed E-state index contributed by atoms with van der Waals surface area (Å²) in [6.07, 6.45) is 0.273. The van der Waals surface area contributed by atoms with Crippen molar-refractivity contribution in [1.29, 1.82) is 0 Å². The number of Topliss-reactive ketones (excluding diaryl/α,β-unsaturated/α-hetero) is 1. The van der Waals surface area contributed by atoms with Gasteiger partial charge in [-0.05, 0) is 53.4 Å². The van der Waals surface area contributed by atoms with Crippen LogP contribution in [0, 0.1) is 5.92 Å². The highest BCUT2D eigenvalue weighted by atomic mass is 16.3. The molecule has 5 nitrogen and oxygen atoms in total. The molecule has 130 valence electrons.